The Balaban J connectivity index is 1.55. The van der Waals surface area contributed by atoms with Gasteiger partial charge >= 0.3 is 0 Å². The maximum absolute atomic E-state index is 3.72. The topological polar surface area (TPSA) is 15.3 Å². The van der Waals surface area contributed by atoms with E-state index in [4.69, 9.17) is 0 Å². The summed E-state index contributed by atoms with van der Waals surface area (Å²) >= 11 is 0. The smallest absolute Gasteiger partial charge is 0.0163 e. The molecular weight excluding hydrogens is 172 g/mol. The number of fused-ring (bicyclic) bond motifs is 2. The lowest BCUT2D eigenvalue weighted by atomic mass is 9.88. The van der Waals surface area contributed by atoms with Crippen molar-refractivity contribution >= 4 is 0 Å². The van der Waals surface area contributed by atoms with Crippen LogP contribution in [-0.4, -0.2) is 36.6 Å². The van der Waals surface area contributed by atoms with Crippen LogP contribution in [0.5, 0.6) is 0 Å². The zero-order valence-electron chi connectivity index (χ0n) is 8.78. The van der Waals surface area contributed by atoms with Crippen molar-refractivity contribution in [2.45, 2.75) is 37.8 Å². The second-order valence-corrected chi connectivity index (χ2v) is 5.06. The minimum absolute atomic E-state index is 0.853. The first-order valence-electron chi connectivity index (χ1n) is 6.05. The molecular formula is C12H20N2. The van der Waals surface area contributed by atoms with Gasteiger partial charge in [-0.15, -0.1) is 0 Å². The van der Waals surface area contributed by atoms with E-state index in [1.807, 2.05) is 0 Å². The van der Waals surface area contributed by atoms with Crippen LogP contribution >= 0.6 is 0 Å². The van der Waals surface area contributed by atoms with Crippen LogP contribution in [0.4, 0.5) is 0 Å². The summed E-state index contributed by atoms with van der Waals surface area (Å²) in [5.41, 5.74) is 0. The highest BCUT2D eigenvalue weighted by Crippen LogP contribution is 2.33. The number of nitrogens with zero attached hydrogens (tertiary/aromatic N) is 1. The standard InChI is InChI=1S/C12H20N2/c1-2-6-14(7-3-1)9-10-8-11-4-5-12(10)13-11/h1-2,10-13H,3-9H2. The van der Waals surface area contributed by atoms with Gasteiger partial charge in [-0.3, -0.25) is 4.90 Å². The van der Waals surface area contributed by atoms with E-state index in [2.05, 4.69) is 22.4 Å². The van der Waals surface area contributed by atoms with E-state index in [-0.39, 0.29) is 0 Å². The predicted molar refractivity (Wildman–Crippen MR) is 58.2 cm³/mol. The van der Waals surface area contributed by atoms with Gasteiger partial charge in [0, 0.05) is 31.7 Å². The average Bonchev–Trinajstić information content (AvgIpc) is 2.81. The van der Waals surface area contributed by atoms with Gasteiger partial charge in [-0.1, -0.05) is 12.2 Å². The SMILES string of the molecule is C1=CCN(CC2CC3CCC2N3)CC1. The third kappa shape index (κ3) is 1.61. The Hall–Kier alpha value is -0.340. The third-order valence-corrected chi connectivity index (χ3v) is 4.07. The first-order chi connectivity index (χ1) is 6.92. The first-order valence-corrected chi connectivity index (χ1v) is 6.05. The molecule has 0 amide bonds. The second kappa shape index (κ2) is 3.67. The van der Waals surface area contributed by atoms with Gasteiger partial charge in [0.25, 0.3) is 0 Å². The van der Waals surface area contributed by atoms with E-state index in [0.29, 0.717) is 0 Å². The fourth-order valence-electron chi connectivity index (χ4n) is 3.33. The number of rotatable bonds is 2. The predicted octanol–water partition coefficient (Wildman–Crippen LogP) is 1.39. The van der Waals surface area contributed by atoms with Gasteiger partial charge in [-0.05, 0) is 31.6 Å². The fourth-order valence-corrected chi connectivity index (χ4v) is 3.33. The van der Waals surface area contributed by atoms with Crippen LogP contribution in [0.15, 0.2) is 12.2 Å². The molecule has 3 atom stereocenters. The summed E-state index contributed by atoms with van der Waals surface area (Å²) < 4.78 is 0. The highest BCUT2D eigenvalue weighted by Gasteiger charge is 2.39. The molecule has 2 nitrogen and oxygen atoms in total. The van der Waals surface area contributed by atoms with Crippen molar-refractivity contribution in [2.24, 2.45) is 5.92 Å². The third-order valence-electron chi connectivity index (χ3n) is 4.07. The second-order valence-electron chi connectivity index (χ2n) is 5.06. The molecule has 78 valence electrons. The maximum atomic E-state index is 3.72. The van der Waals surface area contributed by atoms with Crippen molar-refractivity contribution in [1.29, 1.82) is 0 Å². The van der Waals surface area contributed by atoms with Gasteiger partial charge in [-0.25, -0.2) is 0 Å². The molecule has 0 radical (unpaired) electrons. The zero-order valence-corrected chi connectivity index (χ0v) is 8.78. The Morgan fingerprint density at radius 2 is 2.29 bits per heavy atom. The van der Waals surface area contributed by atoms with Crippen LogP contribution in [0.3, 0.4) is 0 Å². The lowest BCUT2D eigenvalue weighted by molar-refractivity contribution is 0.226. The van der Waals surface area contributed by atoms with Gasteiger partial charge < -0.3 is 5.32 Å². The van der Waals surface area contributed by atoms with Crippen molar-refractivity contribution < 1.29 is 0 Å². The summed E-state index contributed by atoms with van der Waals surface area (Å²) in [6, 6.07) is 1.72. The van der Waals surface area contributed by atoms with Crippen LogP contribution in [0, 0.1) is 5.92 Å². The van der Waals surface area contributed by atoms with Gasteiger partial charge in [-0.2, -0.15) is 0 Å². The van der Waals surface area contributed by atoms with Crippen molar-refractivity contribution in [3.63, 3.8) is 0 Å². The van der Waals surface area contributed by atoms with Gasteiger partial charge in [0.2, 0.25) is 0 Å². The van der Waals surface area contributed by atoms with E-state index in [0.717, 1.165) is 18.0 Å². The minimum Gasteiger partial charge on any atom is -0.311 e. The molecule has 2 fully saturated rings. The van der Waals surface area contributed by atoms with Gasteiger partial charge in [0.05, 0.1) is 0 Å². The molecule has 14 heavy (non-hydrogen) atoms. The number of nitrogens with one attached hydrogen (secondary N) is 1. The van der Waals surface area contributed by atoms with Crippen molar-refractivity contribution in [3.8, 4) is 0 Å². The molecule has 2 bridgehead atoms. The van der Waals surface area contributed by atoms with Crippen molar-refractivity contribution in [2.75, 3.05) is 19.6 Å². The van der Waals surface area contributed by atoms with Crippen molar-refractivity contribution in [1.82, 2.24) is 10.2 Å². The molecule has 3 aliphatic rings. The van der Waals surface area contributed by atoms with Crippen LogP contribution in [0.2, 0.25) is 0 Å². The molecule has 3 heterocycles. The number of hydrogen-bond donors (Lipinski definition) is 1. The Morgan fingerprint density at radius 1 is 1.29 bits per heavy atom. The molecule has 3 unspecified atom stereocenters. The molecule has 0 aromatic rings. The van der Waals surface area contributed by atoms with Crippen LogP contribution < -0.4 is 5.32 Å². The monoisotopic (exact) mass is 192 g/mol. The summed E-state index contributed by atoms with van der Waals surface area (Å²) in [5.74, 6) is 0.945. The molecule has 0 saturated carbocycles. The summed E-state index contributed by atoms with van der Waals surface area (Å²) in [4.78, 5) is 2.62. The van der Waals surface area contributed by atoms with Crippen LogP contribution in [-0.2, 0) is 0 Å². The summed E-state index contributed by atoms with van der Waals surface area (Å²) in [6.07, 6.45) is 10.2. The van der Waals surface area contributed by atoms with Gasteiger partial charge in [0.15, 0.2) is 0 Å². The van der Waals surface area contributed by atoms with Crippen LogP contribution in [0.25, 0.3) is 0 Å². The molecule has 2 saturated heterocycles. The quantitative estimate of drug-likeness (QED) is 0.665. The fraction of sp³-hybridized carbons (Fsp3) is 0.833. The van der Waals surface area contributed by atoms with Gasteiger partial charge in [0.1, 0.15) is 0 Å². The summed E-state index contributed by atoms with van der Waals surface area (Å²) in [7, 11) is 0. The Morgan fingerprint density at radius 3 is 2.93 bits per heavy atom. The molecule has 1 N–H and O–H groups in total. The molecule has 0 aromatic heterocycles. The molecule has 0 spiro atoms. The lowest BCUT2D eigenvalue weighted by Crippen LogP contribution is -2.36. The Labute approximate surface area is 86.4 Å². The van der Waals surface area contributed by atoms with E-state index in [1.54, 1.807) is 0 Å². The largest absolute Gasteiger partial charge is 0.311 e. The molecule has 3 rings (SSSR count). The van der Waals surface area contributed by atoms with E-state index in [9.17, 15) is 0 Å². The molecule has 3 aliphatic heterocycles. The van der Waals surface area contributed by atoms with E-state index in [1.165, 1.54) is 45.3 Å². The van der Waals surface area contributed by atoms with Crippen LogP contribution in [0.1, 0.15) is 25.7 Å². The minimum atomic E-state index is 0.853. The highest BCUT2D eigenvalue weighted by atomic mass is 15.1. The molecule has 0 aromatic carbocycles. The normalized spacial score (nSPS) is 42.1. The average molecular weight is 192 g/mol. The lowest BCUT2D eigenvalue weighted by Gasteiger charge is -2.29. The Bertz CT molecular complexity index is 236. The van der Waals surface area contributed by atoms with Crippen molar-refractivity contribution in [3.05, 3.63) is 12.2 Å². The number of hydrogen-bond acceptors (Lipinski definition) is 2. The van der Waals surface area contributed by atoms with E-state index < -0.39 is 0 Å². The first kappa shape index (κ1) is 8.93. The highest BCUT2D eigenvalue weighted by molar-refractivity contribution is 4.99. The Kier molecular flexibility index (Phi) is 2.34. The molecule has 2 heteroatoms. The summed E-state index contributed by atoms with van der Waals surface area (Å²) in [6.45, 7) is 3.80. The molecule has 0 aliphatic carbocycles. The summed E-state index contributed by atoms with van der Waals surface area (Å²) in [5, 5.41) is 3.72. The van der Waals surface area contributed by atoms with E-state index >= 15 is 0 Å². The maximum Gasteiger partial charge on any atom is 0.0163 e. The zero-order chi connectivity index (χ0) is 9.38.